The van der Waals surface area contributed by atoms with Gasteiger partial charge in [-0.2, -0.15) is 8.61 Å². The minimum absolute atomic E-state index is 0.0741. The van der Waals surface area contributed by atoms with Crippen LogP contribution in [-0.2, 0) is 42.7 Å². The summed E-state index contributed by atoms with van der Waals surface area (Å²) in [4.78, 5) is 13.1. The molecule has 0 unspecified atom stereocenters. The molecule has 0 aliphatic carbocycles. The topological polar surface area (TPSA) is 113 Å². The zero-order valence-electron chi connectivity index (χ0n) is 21.4. The van der Waals surface area contributed by atoms with Crippen LogP contribution >= 0.6 is 11.6 Å². The number of carbonyl (C=O) groups excluding carboxylic acids is 1. The normalized spacial score (nSPS) is 14.8. The Morgan fingerprint density at radius 3 is 2.18 bits per heavy atom. The van der Waals surface area contributed by atoms with Crippen LogP contribution in [0.3, 0.4) is 0 Å². The molecule has 1 N–H and O–H groups in total. The lowest BCUT2D eigenvalue weighted by molar-refractivity contribution is -0.121. The van der Waals surface area contributed by atoms with Crippen molar-refractivity contribution in [1.82, 2.24) is 13.9 Å². The standard InChI is InChI=1S/C27H30ClN3O6S2/c1-21-6-10-24(11-7-21)39(35,36)31(19-23-4-2-3-5-26(23)28)20-27(32)29-18-22-8-12-25(13-9-22)38(33,34)30-14-16-37-17-15-30/h2-13H,14-20H2,1H3,(H,29,32). The van der Waals surface area contributed by atoms with Crippen molar-refractivity contribution in [2.75, 3.05) is 32.8 Å². The average Bonchev–Trinajstić information content (AvgIpc) is 2.93. The molecule has 0 atom stereocenters. The lowest BCUT2D eigenvalue weighted by Crippen LogP contribution is -2.40. The first kappa shape index (κ1) is 29.2. The lowest BCUT2D eigenvalue weighted by atomic mass is 10.2. The second-order valence-electron chi connectivity index (χ2n) is 9.11. The van der Waals surface area contributed by atoms with E-state index in [-0.39, 0.29) is 22.9 Å². The fourth-order valence-corrected chi connectivity index (χ4v) is 7.01. The van der Waals surface area contributed by atoms with Gasteiger partial charge in [0, 0.05) is 31.2 Å². The fraction of sp³-hybridized carbons (Fsp3) is 0.296. The maximum atomic E-state index is 13.5. The molecule has 208 valence electrons. The number of nitrogens with zero attached hydrogens (tertiary/aromatic N) is 2. The highest BCUT2D eigenvalue weighted by atomic mass is 35.5. The van der Waals surface area contributed by atoms with Gasteiger partial charge in [-0.25, -0.2) is 16.8 Å². The van der Waals surface area contributed by atoms with Gasteiger partial charge < -0.3 is 10.1 Å². The van der Waals surface area contributed by atoms with Gasteiger partial charge in [0.2, 0.25) is 26.0 Å². The number of sulfonamides is 2. The van der Waals surface area contributed by atoms with Crippen LogP contribution in [-0.4, -0.2) is 64.2 Å². The number of amides is 1. The van der Waals surface area contributed by atoms with Gasteiger partial charge in [0.1, 0.15) is 0 Å². The van der Waals surface area contributed by atoms with Crippen LogP contribution in [0.15, 0.2) is 82.6 Å². The number of morpholine rings is 1. The number of halogens is 1. The molecule has 1 aliphatic heterocycles. The van der Waals surface area contributed by atoms with Crippen molar-refractivity contribution in [2.24, 2.45) is 0 Å². The number of nitrogens with one attached hydrogen (secondary N) is 1. The molecule has 3 aromatic carbocycles. The third-order valence-corrected chi connectivity index (χ3v) is 10.4. The van der Waals surface area contributed by atoms with Gasteiger partial charge in [0.25, 0.3) is 0 Å². The number of benzene rings is 3. The highest BCUT2D eigenvalue weighted by Crippen LogP contribution is 2.23. The Morgan fingerprint density at radius 2 is 1.54 bits per heavy atom. The molecule has 0 saturated carbocycles. The van der Waals surface area contributed by atoms with E-state index in [1.165, 1.54) is 28.6 Å². The summed E-state index contributed by atoms with van der Waals surface area (Å²) in [5.41, 5.74) is 2.15. The molecule has 3 aromatic rings. The number of ether oxygens (including phenoxy) is 1. The van der Waals surface area contributed by atoms with E-state index in [2.05, 4.69) is 5.32 Å². The van der Waals surface area contributed by atoms with Crippen molar-refractivity contribution < 1.29 is 26.4 Å². The SMILES string of the molecule is Cc1ccc(S(=O)(=O)N(CC(=O)NCc2ccc(S(=O)(=O)N3CCOCC3)cc2)Cc2ccccc2Cl)cc1. The van der Waals surface area contributed by atoms with Gasteiger partial charge in [-0.1, -0.05) is 59.6 Å². The predicted octanol–water partition coefficient (Wildman–Crippen LogP) is 3.18. The van der Waals surface area contributed by atoms with Gasteiger partial charge in [0.05, 0.1) is 29.5 Å². The molecule has 39 heavy (non-hydrogen) atoms. The molecule has 0 aromatic heterocycles. The summed E-state index contributed by atoms with van der Waals surface area (Å²) in [6.45, 7) is 2.76. The van der Waals surface area contributed by atoms with E-state index in [1.54, 1.807) is 48.5 Å². The Morgan fingerprint density at radius 1 is 0.923 bits per heavy atom. The Kier molecular flexibility index (Phi) is 9.42. The number of rotatable bonds is 10. The number of aryl methyl sites for hydroxylation is 1. The Labute approximate surface area is 234 Å². The smallest absolute Gasteiger partial charge is 0.243 e. The largest absolute Gasteiger partial charge is 0.379 e. The molecule has 1 amide bonds. The first-order valence-corrected chi connectivity index (χ1v) is 15.6. The van der Waals surface area contributed by atoms with E-state index in [0.29, 0.717) is 42.5 Å². The molecule has 0 spiro atoms. The van der Waals surface area contributed by atoms with Crippen molar-refractivity contribution in [3.63, 3.8) is 0 Å². The molecule has 0 bridgehead atoms. The molecule has 1 heterocycles. The summed E-state index contributed by atoms with van der Waals surface area (Å²) in [7, 11) is -7.63. The van der Waals surface area contributed by atoms with E-state index in [1.807, 2.05) is 6.92 Å². The van der Waals surface area contributed by atoms with Crippen LogP contribution in [0.1, 0.15) is 16.7 Å². The van der Waals surface area contributed by atoms with Crippen molar-refractivity contribution in [3.05, 3.63) is 94.5 Å². The molecule has 0 radical (unpaired) electrons. The molecule has 1 aliphatic rings. The van der Waals surface area contributed by atoms with Crippen LogP contribution in [0.4, 0.5) is 0 Å². The van der Waals surface area contributed by atoms with Gasteiger partial charge in [-0.05, 0) is 48.4 Å². The van der Waals surface area contributed by atoms with Crippen LogP contribution in [0.2, 0.25) is 5.02 Å². The van der Waals surface area contributed by atoms with Crippen LogP contribution < -0.4 is 5.32 Å². The van der Waals surface area contributed by atoms with E-state index in [0.717, 1.165) is 9.87 Å². The second kappa shape index (κ2) is 12.6. The summed E-state index contributed by atoms with van der Waals surface area (Å²) in [5.74, 6) is -0.511. The third-order valence-electron chi connectivity index (χ3n) is 6.30. The minimum Gasteiger partial charge on any atom is -0.379 e. The second-order valence-corrected chi connectivity index (χ2v) is 13.4. The molecular weight excluding hydrogens is 562 g/mol. The van der Waals surface area contributed by atoms with Crippen LogP contribution in [0.5, 0.6) is 0 Å². The quantitative estimate of drug-likeness (QED) is 0.387. The van der Waals surface area contributed by atoms with Gasteiger partial charge in [0.15, 0.2) is 0 Å². The first-order chi connectivity index (χ1) is 18.6. The monoisotopic (exact) mass is 591 g/mol. The fourth-order valence-electron chi connectivity index (χ4n) is 4.03. The Hall–Kier alpha value is -2.80. The first-order valence-electron chi connectivity index (χ1n) is 12.3. The zero-order chi connectivity index (χ0) is 28.0. The maximum Gasteiger partial charge on any atom is 0.243 e. The zero-order valence-corrected chi connectivity index (χ0v) is 23.8. The molecule has 1 saturated heterocycles. The van der Waals surface area contributed by atoms with Crippen molar-refractivity contribution in [1.29, 1.82) is 0 Å². The van der Waals surface area contributed by atoms with Gasteiger partial charge >= 0.3 is 0 Å². The highest BCUT2D eigenvalue weighted by Gasteiger charge is 2.28. The van der Waals surface area contributed by atoms with E-state index < -0.39 is 32.5 Å². The van der Waals surface area contributed by atoms with E-state index in [4.69, 9.17) is 16.3 Å². The molecular formula is C27H30ClN3O6S2. The Bertz CT molecular complexity index is 1510. The predicted molar refractivity (Wildman–Crippen MR) is 148 cm³/mol. The van der Waals surface area contributed by atoms with Crippen molar-refractivity contribution in [2.45, 2.75) is 29.8 Å². The number of hydrogen-bond acceptors (Lipinski definition) is 6. The van der Waals surface area contributed by atoms with Crippen molar-refractivity contribution >= 4 is 37.6 Å². The summed E-state index contributed by atoms with van der Waals surface area (Å²) >= 11 is 6.28. The number of hydrogen-bond donors (Lipinski definition) is 1. The lowest BCUT2D eigenvalue weighted by Gasteiger charge is -2.26. The summed E-state index contributed by atoms with van der Waals surface area (Å²) < 4.78 is 60.3. The van der Waals surface area contributed by atoms with Crippen molar-refractivity contribution in [3.8, 4) is 0 Å². The molecule has 4 rings (SSSR count). The highest BCUT2D eigenvalue weighted by molar-refractivity contribution is 7.89. The number of carbonyl (C=O) groups is 1. The van der Waals surface area contributed by atoms with Crippen LogP contribution in [0, 0.1) is 6.92 Å². The Balaban J connectivity index is 1.45. The van der Waals surface area contributed by atoms with Gasteiger partial charge in [-0.3, -0.25) is 4.79 Å². The van der Waals surface area contributed by atoms with Crippen LogP contribution in [0.25, 0.3) is 0 Å². The molecule has 9 nitrogen and oxygen atoms in total. The summed E-state index contributed by atoms with van der Waals surface area (Å²) in [6, 6.07) is 19.5. The maximum absolute atomic E-state index is 13.5. The summed E-state index contributed by atoms with van der Waals surface area (Å²) in [5, 5.41) is 3.13. The molecule has 1 fully saturated rings. The van der Waals surface area contributed by atoms with E-state index in [9.17, 15) is 21.6 Å². The average molecular weight is 592 g/mol. The minimum atomic E-state index is -4.01. The van der Waals surface area contributed by atoms with E-state index >= 15 is 0 Å². The third kappa shape index (κ3) is 7.24. The molecule has 12 heteroatoms. The van der Waals surface area contributed by atoms with Gasteiger partial charge in [-0.15, -0.1) is 0 Å². The summed E-state index contributed by atoms with van der Waals surface area (Å²) in [6.07, 6.45) is 0.